The van der Waals surface area contributed by atoms with Gasteiger partial charge in [-0.2, -0.15) is 4.98 Å². The molecule has 4 aromatic rings. The number of H-pyrrole nitrogens is 1. The number of nitrogens with one attached hydrogen (secondary N) is 2. The number of aromatic nitrogens is 5. The summed E-state index contributed by atoms with van der Waals surface area (Å²) in [6.45, 7) is 5.23. The Morgan fingerprint density at radius 2 is 2.00 bits per heavy atom. The lowest BCUT2D eigenvalue weighted by atomic mass is 10.3. The average Bonchev–Trinajstić information content (AvgIpc) is 3.12. The number of hydrogen-bond acceptors (Lipinski definition) is 4. The number of aromatic amines is 1. The van der Waals surface area contributed by atoms with Crippen LogP contribution < -0.4 is 16.6 Å². The van der Waals surface area contributed by atoms with Gasteiger partial charge in [0.25, 0.3) is 5.56 Å². The molecule has 0 aliphatic carbocycles. The number of fused-ring (bicyclic) bond motifs is 3. The highest BCUT2D eigenvalue weighted by atomic mass is 35.5. The summed E-state index contributed by atoms with van der Waals surface area (Å²) in [5.74, 6) is 0.639. The molecule has 4 rings (SSSR count). The zero-order valence-electron chi connectivity index (χ0n) is 15.2. The van der Waals surface area contributed by atoms with Gasteiger partial charge < -0.3 is 9.88 Å². The second-order valence-electron chi connectivity index (χ2n) is 6.50. The first-order valence-electron chi connectivity index (χ1n) is 8.55. The molecule has 0 spiro atoms. The van der Waals surface area contributed by atoms with Crippen molar-refractivity contribution >= 4 is 34.2 Å². The van der Waals surface area contributed by atoms with Gasteiger partial charge in [-0.15, -0.1) is 0 Å². The molecule has 8 nitrogen and oxygen atoms in total. The Morgan fingerprint density at radius 3 is 2.74 bits per heavy atom. The van der Waals surface area contributed by atoms with Crippen LogP contribution in [0.1, 0.15) is 11.4 Å². The first-order valence-corrected chi connectivity index (χ1v) is 8.93. The lowest BCUT2D eigenvalue weighted by Crippen LogP contribution is -2.28. The van der Waals surface area contributed by atoms with E-state index in [9.17, 15) is 9.59 Å². The second-order valence-corrected chi connectivity index (χ2v) is 6.93. The zero-order chi connectivity index (χ0) is 19.3. The first-order chi connectivity index (χ1) is 12.9. The number of benzene rings is 1. The summed E-state index contributed by atoms with van der Waals surface area (Å²) in [6.07, 6.45) is 0. The molecular formula is C18H19ClN6O2. The minimum absolute atomic E-state index is 0.374. The second kappa shape index (κ2) is 6.31. The van der Waals surface area contributed by atoms with Gasteiger partial charge in [-0.1, -0.05) is 17.7 Å². The minimum Gasteiger partial charge on any atom is -0.383 e. The van der Waals surface area contributed by atoms with Crippen molar-refractivity contribution in [3.8, 4) is 0 Å². The number of aryl methyl sites for hydroxylation is 2. The van der Waals surface area contributed by atoms with Crippen LogP contribution in [0.15, 0.2) is 33.9 Å². The first kappa shape index (κ1) is 17.4. The molecule has 0 unspecified atom stereocenters. The van der Waals surface area contributed by atoms with Crippen LogP contribution in [0, 0.1) is 13.8 Å². The lowest BCUT2D eigenvalue weighted by molar-refractivity contribution is 0.722. The van der Waals surface area contributed by atoms with E-state index in [0.717, 1.165) is 17.1 Å². The molecule has 0 saturated heterocycles. The fraction of sp³-hybridized carbons (Fsp3) is 0.278. The van der Waals surface area contributed by atoms with Gasteiger partial charge in [-0.25, -0.2) is 4.79 Å². The molecule has 1 aromatic carbocycles. The average molecular weight is 387 g/mol. The van der Waals surface area contributed by atoms with Crippen molar-refractivity contribution in [3.63, 3.8) is 0 Å². The normalized spacial score (nSPS) is 11.6. The van der Waals surface area contributed by atoms with Crippen molar-refractivity contribution in [2.45, 2.75) is 20.4 Å². The number of rotatable bonds is 4. The minimum atomic E-state index is -0.475. The Kier molecular flexibility index (Phi) is 4.07. The summed E-state index contributed by atoms with van der Waals surface area (Å²) < 4.78 is 5.20. The largest absolute Gasteiger partial charge is 0.383 e. The maximum atomic E-state index is 12.4. The third kappa shape index (κ3) is 2.73. The third-order valence-corrected chi connectivity index (χ3v) is 5.13. The highest BCUT2D eigenvalue weighted by Gasteiger charge is 2.20. The summed E-state index contributed by atoms with van der Waals surface area (Å²) in [7, 11) is 1.60. The molecule has 3 heterocycles. The van der Waals surface area contributed by atoms with E-state index < -0.39 is 11.2 Å². The van der Waals surface area contributed by atoms with Crippen molar-refractivity contribution in [2.75, 3.05) is 11.9 Å². The highest BCUT2D eigenvalue weighted by Crippen LogP contribution is 2.20. The molecule has 27 heavy (non-hydrogen) atoms. The van der Waals surface area contributed by atoms with Crippen LogP contribution in [0.25, 0.3) is 16.9 Å². The third-order valence-electron chi connectivity index (χ3n) is 4.89. The van der Waals surface area contributed by atoms with E-state index in [-0.39, 0.29) is 0 Å². The summed E-state index contributed by atoms with van der Waals surface area (Å²) in [4.78, 5) is 31.2. The van der Waals surface area contributed by atoms with E-state index in [0.29, 0.717) is 35.1 Å². The Balaban J connectivity index is 1.77. The molecule has 0 amide bonds. The van der Waals surface area contributed by atoms with Crippen LogP contribution in [0.4, 0.5) is 5.69 Å². The van der Waals surface area contributed by atoms with Crippen LogP contribution >= 0.6 is 11.6 Å². The Morgan fingerprint density at radius 1 is 1.22 bits per heavy atom. The SMILES string of the molecule is Cc1c(C)n2c3c(=O)[nH]c(=O)n(C)c3nc2n1CCNc1cccc(Cl)c1. The van der Waals surface area contributed by atoms with Crippen LogP contribution in [0.3, 0.4) is 0 Å². The van der Waals surface area contributed by atoms with Crippen molar-refractivity contribution in [3.05, 3.63) is 61.5 Å². The summed E-state index contributed by atoms with van der Waals surface area (Å²) in [5.41, 5.74) is 2.72. The summed E-state index contributed by atoms with van der Waals surface area (Å²) in [5, 5.41) is 4.01. The molecule has 0 saturated carbocycles. The molecule has 0 fully saturated rings. The smallest absolute Gasteiger partial charge is 0.329 e. The van der Waals surface area contributed by atoms with Gasteiger partial charge in [0.1, 0.15) is 0 Å². The standard InChI is InChI=1S/C18H19ClN6O2/c1-10-11(2)25-14-15(23(3)18(27)22-16(14)26)21-17(25)24(10)8-7-20-13-6-4-5-12(19)9-13/h4-6,9,20H,7-8H2,1-3H3,(H,22,26,27). The summed E-state index contributed by atoms with van der Waals surface area (Å²) in [6, 6.07) is 7.54. The predicted octanol–water partition coefficient (Wildman–Crippen LogP) is 2.06. The lowest BCUT2D eigenvalue weighted by Gasteiger charge is -2.09. The van der Waals surface area contributed by atoms with Gasteiger partial charge >= 0.3 is 5.69 Å². The van der Waals surface area contributed by atoms with Gasteiger partial charge in [-0.3, -0.25) is 18.7 Å². The highest BCUT2D eigenvalue weighted by molar-refractivity contribution is 6.30. The molecular weight excluding hydrogens is 368 g/mol. The Labute approximate surface area is 159 Å². The van der Waals surface area contributed by atoms with Crippen molar-refractivity contribution < 1.29 is 0 Å². The molecule has 3 aromatic heterocycles. The van der Waals surface area contributed by atoms with Crippen molar-refractivity contribution in [1.82, 2.24) is 23.5 Å². The predicted molar refractivity (Wildman–Crippen MR) is 106 cm³/mol. The topological polar surface area (TPSA) is 89.1 Å². The van der Waals surface area contributed by atoms with Crippen LogP contribution in [-0.4, -0.2) is 30.0 Å². The van der Waals surface area contributed by atoms with E-state index in [1.54, 1.807) is 7.05 Å². The van der Waals surface area contributed by atoms with Crippen molar-refractivity contribution in [2.24, 2.45) is 7.05 Å². The maximum absolute atomic E-state index is 12.4. The monoisotopic (exact) mass is 386 g/mol. The van der Waals surface area contributed by atoms with E-state index in [1.807, 2.05) is 47.1 Å². The van der Waals surface area contributed by atoms with Gasteiger partial charge in [-0.05, 0) is 32.0 Å². The number of anilines is 1. The molecule has 140 valence electrons. The van der Waals surface area contributed by atoms with E-state index >= 15 is 0 Å². The number of nitrogens with zero attached hydrogens (tertiary/aromatic N) is 4. The molecule has 9 heteroatoms. The maximum Gasteiger partial charge on any atom is 0.329 e. The van der Waals surface area contributed by atoms with E-state index in [1.165, 1.54) is 4.57 Å². The summed E-state index contributed by atoms with van der Waals surface area (Å²) >= 11 is 6.02. The van der Waals surface area contributed by atoms with Crippen LogP contribution in [0.2, 0.25) is 5.02 Å². The molecule has 0 radical (unpaired) electrons. The fourth-order valence-corrected chi connectivity index (χ4v) is 3.55. The van der Waals surface area contributed by atoms with Gasteiger partial charge in [0.15, 0.2) is 11.2 Å². The van der Waals surface area contributed by atoms with E-state index in [2.05, 4.69) is 15.3 Å². The molecule has 0 bridgehead atoms. The van der Waals surface area contributed by atoms with Crippen LogP contribution in [-0.2, 0) is 13.6 Å². The molecule has 0 aliphatic heterocycles. The van der Waals surface area contributed by atoms with Gasteiger partial charge in [0.2, 0.25) is 5.78 Å². The van der Waals surface area contributed by atoms with Crippen molar-refractivity contribution in [1.29, 1.82) is 0 Å². The van der Waals surface area contributed by atoms with Gasteiger partial charge in [0, 0.05) is 42.2 Å². The number of halogens is 1. The zero-order valence-corrected chi connectivity index (χ0v) is 16.0. The van der Waals surface area contributed by atoms with Crippen LogP contribution in [0.5, 0.6) is 0 Å². The molecule has 0 aliphatic rings. The van der Waals surface area contributed by atoms with E-state index in [4.69, 9.17) is 11.6 Å². The Bertz CT molecular complexity index is 1290. The quantitative estimate of drug-likeness (QED) is 0.562. The number of hydrogen-bond donors (Lipinski definition) is 2. The molecule has 2 N–H and O–H groups in total. The Hall–Kier alpha value is -3.00. The molecule has 0 atom stereocenters. The number of imidazole rings is 2. The fourth-order valence-electron chi connectivity index (χ4n) is 3.36. The van der Waals surface area contributed by atoms with Gasteiger partial charge in [0.05, 0.1) is 0 Å².